The average molecular weight is 308 g/mol. The van der Waals surface area contributed by atoms with Crippen molar-refractivity contribution in [3.05, 3.63) is 54.2 Å². The summed E-state index contributed by atoms with van der Waals surface area (Å²) in [5.41, 5.74) is 5.42. The zero-order valence-electron chi connectivity index (χ0n) is 12.8. The number of benzene rings is 2. The maximum absolute atomic E-state index is 3.47. The largest absolute Gasteiger partial charge is 0.343 e. The normalized spacial score (nSPS) is 14.8. The third-order valence-electron chi connectivity index (χ3n) is 4.48. The lowest BCUT2D eigenvalue weighted by Crippen LogP contribution is -2.17. The number of rotatable bonds is 2. The second-order valence-electron chi connectivity index (χ2n) is 5.79. The maximum Gasteiger partial charge on any atom is 0.0483 e. The number of nitrogens with zero attached hydrogens (tertiary/aromatic N) is 1. The molecule has 0 atom stereocenters. The molecule has 2 nitrogen and oxygen atoms in total. The monoisotopic (exact) mass is 308 g/mol. The quantitative estimate of drug-likeness (QED) is 0.715. The lowest BCUT2D eigenvalue weighted by atomic mass is 10.0. The van der Waals surface area contributed by atoms with Gasteiger partial charge in [0.15, 0.2) is 0 Å². The summed E-state index contributed by atoms with van der Waals surface area (Å²) in [6.45, 7) is 3.22. The smallest absolute Gasteiger partial charge is 0.0483 e. The lowest BCUT2D eigenvalue weighted by Gasteiger charge is -2.07. The molecule has 0 saturated heterocycles. The van der Waals surface area contributed by atoms with Crippen LogP contribution in [0.5, 0.6) is 0 Å². The Balaban J connectivity index is 1.77. The van der Waals surface area contributed by atoms with Gasteiger partial charge in [-0.2, -0.15) is 0 Å². The minimum absolute atomic E-state index is 1.06. The molecule has 22 heavy (non-hydrogen) atoms. The first kappa shape index (κ1) is 13.9. The van der Waals surface area contributed by atoms with Gasteiger partial charge < -0.3 is 9.88 Å². The highest BCUT2D eigenvalue weighted by atomic mass is 32.2. The molecule has 3 heteroatoms. The Morgan fingerprint density at radius 2 is 1.77 bits per heavy atom. The number of hydrogen-bond donors (Lipinski definition) is 1. The summed E-state index contributed by atoms with van der Waals surface area (Å²) in [6, 6.07) is 18.1. The summed E-state index contributed by atoms with van der Waals surface area (Å²) in [7, 11) is 0. The van der Waals surface area contributed by atoms with Gasteiger partial charge in [-0.05, 0) is 47.7 Å². The van der Waals surface area contributed by atoms with Crippen LogP contribution in [-0.2, 0) is 13.0 Å². The van der Waals surface area contributed by atoms with Crippen molar-refractivity contribution in [2.24, 2.45) is 0 Å². The first-order valence-corrected chi connectivity index (χ1v) is 9.05. The Morgan fingerprint density at radius 3 is 2.59 bits per heavy atom. The minimum atomic E-state index is 1.06. The molecule has 0 bridgehead atoms. The van der Waals surface area contributed by atoms with E-state index in [1.165, 1.54) is 32.6 Å². The zero-order valence-corrected chi connectivity index (χ0v) is 13.6. The molecular weight excluding hydrogens is 288 g/mol. The summed E-state index contributed by atoms with van der Waals surface area (Å²) < 4.78 is 2.47. The molecule has 0 saturated carbocycles. The van der Waals surface area contributed by atoms with Gasteiger partial charge in [0.2, 0.25) is 0 Å². The molecule has 3 aromatic rings. The molecule has 0 spiro atoms. The van der Waals surface area contributed by atoms with E-state index in [1.807, 2.05) is 0 Å². The summed E-state index contributed by atoms with van der Waals surface area (Å²) in [4.78, 5) is 1.31. The van der Waals surface area contributed by atoms with Gasteiger partial charge in [-0.25, -0.2) is 0 Å². The molecule has 1 aliphatic rings. The first-order chi connectivity index (χ1) is 10.8. The SMILES string of the molecule is CSc1ccc(-c2ccc3c(c2)cc2n3CCNCC2)cc1. The van der Waals surface area contributed by atoms with Gasteiger partial charge in [0.05, 0.1) is 0 Å². The predicted octanol–water partition coefficient (Wildman–Crippen LogP) is 4.18. The number of thioether (sulfide) groups is 1. The third kappa shape index (κ3) is 2.44. The van der Waals surface area contributed by atoms with Crippen molar-refractivity contribution in [2.75, 3.05) is 19.3 Å². The second kappa shape index (κ2) is 5.82. The second-order valence-corrected chi connectivity index (χ2v) is 6.67. The van der Waals surface area contributed by atoms with Gasteiger partial charge in [-0.1, -0.05) is 18.2 Å². The van der Waals surface area contributed by atoms with Gasteiger partial charge in [0.25, 0.3) is 0 Å². The molecule has 1 aromatic heterocycles. The standard InChI is InChI=1S/C19H20N2S/c1-22-18-5-2-14(3-6-18)15-4-7-19-16(12-15)13-17-8-9-20-10-11-21(17)19/h2-7,12-13,20H,8-11H2,1H3. The van der Waals surface area contributed by atoms with E-state index in [-0.39, 0.29) is 0 Å². The molecule has 112 valence electrons. The number of fused-ring (bicyclic) bond motifs is 3. The van der Waals surface area contributed by atoms with Crippen molar-refractivity contribution >= 4 is 22.7 Å². The van der Waals surface area contributed by atoms with E-state index in [4.69, 9.17) is 0 Å². The molecule has 1 N–H and O–H groups in total. The van der Waals surface area contributed by atoms with E-state index in [0.717, 1.165) is 26.1 Å². The van der Waals surface area contributed by atoms with Crippen LogP contribution in [0.3, 0.4) is 0 Å². The van der Waals surface area contributed by atoms with Crippen molar-refractivity contribution in [2.45, 2.75) is 17.9 Å². The molecule has 0 unspecified atom stereocenters. The van der Waals surface area contributed by atoms with Crippen molar-refractivity contribution in [3.63, 3.8) is 0 Å². The Hall–Kier alpha value is -1.71. The van der Waals surface area contributed by atoms with Gasteiger partial charge in [-0.3, -0.25) is 0 Å². The van der Waals surface area contributed by atoms with Crippen LogP contribution in [0.15, 0.2) is 53.4 Å². The molecule has 0 amide bonds. The molecule has 4 rings (SSSR count). The van der Waals surface area contributed by atoms with E-state index in [1.54, 1.807) is 11.8 Å². The van der Waals surface area contributed by atoms with Crippen molar-refractivity contribution < 1.29 is 0 Å². The first-order valence-electron chi connectivity index (χ1n) is 7.82. The molecule has 0 aliphatic carbocycles. The van der Waals surface area contributed by atoms with Crippen LogP contribution >= 0.6 is 11.8 Å². The predicted molar refractivity (Wildman–Crippen MR) is 95.7 cm³/mol. The summed E-state index contributed by atoms with van der Waals surface area (Å²) in [6.07, 6.45) is 3.23. The summed E-state index contributed by atoms with van der Waals surface area (Å²) in [5.74, 6) is 0. The molecular formula is C19H20N2S. The highest BCUT2D eigenvalue weighted by molar-refractivity contribution is 7.98. The van der Waals surface area contributed by atoms with Gasteiger partial charge >= 0.3 is 0 Å². The van der Waals surface area contributed by atoms with Crippen LogP contribution in [0.2, 0.25) is 0 Å². The number of nitrogens with one attached hydrogen (secondary N) is 1. The maximum atomic E-state index is 3.47. The fourth-order valence-electron chi connectivity index (χ4n) is 3.29. The molecule has 2 aromatic carbocycles. The Labute approximate surface area is 135 Å². The van der Waals surface area contributed by atoms with E-state index < -0.39 is 0 Å². The highest BCUT2D eigenvalue weighted by Crippen LogP contribution is 2.28. The van der Waals surface area contributed by atoms with Crippen LogP contribution in [0.4, 0.5) is 0 Å². The number of aromatic nitrogens is 1. The highest BCUT2D eigenvalue weighted by Gasteiger charge is 2.12. The van der Waals surface area contributed by atoms with E-state index in [9.17, 15) is 0 Å². The van der Waals surface area contributed by atoms with Crippen LogP contribution in [0.25, 0.3) is 22.0 Å². The van der Waals surface area contributed by atoms with Crippen LogP contribution < -0.4 is 5.32 Å². The minimum Gasteiger partial charge on any atom is -0.343 e. The van der Waals surface area contributed by atoms with Crippen LogP contribution in [0, 0.1) is 0 Å². The average Bonchev–Trinajstić information content (AvgIpc) is 2.75. The van der Waals surface area contributed by atoms with Gasteiger partial charge in [0.1, 0.15) is 0 Å². The Kier molecular flexibility index (Phi) is 3.68. The number of hydrogen-bond acceptors (Lipinski definition) is 2. The van der Waals surface area contributed by atoms with Gasteiger partial charge in [0, 0.05) is 47.5 Å². The Morgan fingerprint density at radius 1 is 0.955 bits per heavy atom. The Bertz CT molecular complexity index is 802. The third-order valence-corrected chi connectivity index (χ3v) is 5.22. The van der Waals surface area contributed by atoms with E-state index >= 15 is 0 Å². The van der Waals surface area contributed by atoms with Crippen LogP contribution in [-0.4, -0.2) is 23.9 Å². The molecule has 1 aliphatic heterocycles. The fraction of sp³-hybridized carbons (Fsp3) is 0.263. The molecule has 2 heterocycles. The van der Waals surface area contributed by atoms with Gasteiger partial charge in [-0.15, -0.1) is 11.8 Å². The van der Waals surface area contributed by atoms with Crippen molar-refractivity contribution in [1.82, 2.24) is 9.88 Å². The van der Waals surface area contributed by atoms with Crippen molar-refractivity contribution in [3.8, 4) is 11.1 Å². The summed E-state index contributed by atoms with van der Waals surface area (Å²) in [5, 5.41) is 4.83. The van der Waals surface area contributed by atoms with Crippen molar-refractivity contribution in [1.29, 1.82) is 0 Å². The topological polar surface area (TPSA) is 17.0 Å². The van der Waals surface area contributed by atoms with E-state index in [2.05, 4.69) is 64.7 Å². The fourth-order valence-corrected chi connectivity index (χ4v) is 3.70. The molecule has 0 radical (unpaired) electrons. The lowest BCUT2D eigenvalue weighted by molar-refractivity contribution is 0.658. The summed E-state index contributed by atoms with van der Waals surface area (Å²) >= 11 is 1.79. The van der Waals surface area contributed by atoms with Crippen LogP contribution in [0.1, 0.15) is 5.69 Å². The van der Waals surface area contributed by atoms with E-state index in [0.29, 0.717) is 0 Å². The molecule has 0 fully saturated rings. The zero-order chi connectivity index (χ0) is 14.9.